The van der Waals surface area contributed by atoms with E-state index in [4.69, 9.17) is 11.6 Å². The second kappa shape index (κ2) is 6.34. The summed E-state index contributed by atoms with van der Waals surface area (Å²) in [7, 11) is 3.42. The monoisotopic (exact) mass is 290 g/mol. The van der Waals surface area contributed by atoms with Gasteiger partial charge in [0.15, 0.2) is 0 Å². The Balaban J connectivity index is 2.21. The van der Waals surface area contributed by atoms with Crippen LogP contribution in [0.25, 0.3) is 0 Å². The lowest BCUT2D eigenvalue weighted by Crippen LogP contribution is -2.23. The molecule has 6 heteroatoms. The second-order valence-corrected chi connectivity index (χ2v) is 4.88. The van der Waals surface area contributed by atoms with E-state index in [0.29, 0.717) is 22.8 Å². The molecule has 5 nitrogen and oxygen atoms in total. The summed E-state index contributed by atoms with van der Waals surface area (Å²) in [5, 5.41) is 3.74. The van der Waals surface area contributed by atoms with E-state index >= 15 is 0 Å². The molecule has 0 aliphatic rings. The number of carbonyl (C=O) groups is 1. The number of halogens is 1. The third-order valence-corrected chi connectivity index (χ3v) is 2.93. The predicted molar refractivity (Wildman–Crippen MR) is 78.8 cm³/mol. The van der Waals surface area contributed by atoms with Gasteiger partial charge in [-0.05, 0) is 18.2 Å². The Labute approximate surface area is 122 Å². The third-order valence-electron chi connectivity index (χ3n) is 2.69. The van der Waals surface area contributed by atoms with Crippen molar-refractivity contribution in [1.82, 2.24) is 14.9 Å². The van der Waals surface area contributed by atoms with Gasteiger partial charge >= 0.3 is 0 Å². The smallest absolute Gasteiger partial charge is 0.255 e. The molecule has 0 aliphatic heterocycles. The second-order valence-electron chi connectivity index (χ2n) is 4.44. The van der Waals surface area contributed by atoms with Crippen molar-refractivity contribution in [1.29, 1.82) is 0 Å². The van der Waals surface area contributed by atoms with Crippen molar-refractivity contribution in [2.24, 2.45) is 0 Å². The number of amides is 1. The van der Waals surface area contributed by atoms with Crippen LogP contribution in [0.4, 0.5) is 5.69 Å². The summed E-state index contributed by atoms with van der Waals surface area (Å²) >= 11 is 5.99. The highest BCUT2D eigenvalue weighted by Crippen LogP contribution is 2.22. The minimum absolute atomic E-state index is 0.0803. The van der Waals surface area contributed by atoms with Crippen molar-refractivity contribution in [3.05, 3.63) is 53.1 Å². The first kappa shape index (κ1) is 14.3. The number of nitrogens with zero attached hydrogens (tertiary/aromatic N) is 3. The zero-order valence-electron chi connectivity index (χ0n) is 11.3. The van der Waals surface area contributed by atoms with Gasteiger partial charge in [-0.1, -0.05) is 11.6 Å². The molecule has 0 unspecified atom stereocenters. The lowest BCUT2D eigenvalue weighted by atomic mass is 10.1. The van der Waals surface area contributed by atoms with Crippen LogP contribution in [0, 0.1) is 0 Å². The van der Waals surface area contributed by atoms with E-state index in [1.54, 1.807) is 50.9 Å². The van der Waals surface area contributed by atoms with Crippen LogP contribution < -0.4 is 5.32 Å². The van der Waals surface area contributed by atoms with Crippen molar-refractivity contribution in [2.75, 3.05) is 19.4 Å². The predicted octanol–water partition coefficient (Wildman–Crippen LogP) is 2.44. The van der Waals surface area contributed by atoms with Crippen molar-refractivity contribution in [3.8, 4) is 0 Å². The molecule has 0 radical (unpaired) electrons. The minimum Gasteiger partial charge on any atom is -0.379 e. The van der Waals surface area contributed by atoms with Gasteiger partial charge < -0.3 is 10.2 Å². The molecular weight excluding hydrogens is 276 g/mol. The Kier molecular flexibility index (Phi) is 4.53. The quantitative estimate of drug-likeness (QED) is 0.940. The number of carbonyl (C=O) groups excluding carboxylic acids is 1. The Morgan fingerprint density at radius 2 is 2.15 bits per heavy atom. The van der Waals surface area contributed by atoms with Gasteiger partial charge in [-0.25, -0.2) is 0 Å². The minimum atomic E-state index is -0.0803. The van der Waals surface area contributed by atoms with Gasteiger partial charge in [0.25, 0.3) is 5.91 Å². The van der Waals surface area contributed by atoms with Crippen LogP contribution in [0.5, 0.6) is 0 Å². The summed E-state index contributed by atoms with van der Waals surface area (Å²) in [6, 6.07) is 5.14. The Morgan fingerprint density at radius 1 is 1.35 bits per heavy atom. The maximum Gasteiger partial charge on any atom is 0.255 e. The number of anilines is 1. The number of aromatic nitrogens is 2. The topological polar surface area (TPSA) is 58.1 Å². The summed E-state index contributed by atoms with van der Waals surface area (Å²) < 4.78 is 0. The molecule has 0 aliphatic carbocycles. The van der Waals surface area contributed by atoms with Gasteiger partial charge in [-0.2, -0.15) is 0 Å². The largest absolute Gasteiger partial charge is 0.379 e. The highest BCUT2D eigenvalue weighted by Gasteiger charge is 2.13. The molecule has 1 heterocycles. The van der Waals surface area contributed by atoms with Crippen LogP contribution in [0.15, 0.2) is 36.8 Å². The fraction of sp³-hybridized carbons (Fsp3) is 0.214. The molecule has 0 saturated carbocycles. The molecule has 2 rings (SSSR count). The summed E-state index contributed by atoms with van der Waals surface area (Å²) in [4.78, 5) is 21.8. The van der Waals surface area contributed by atoms with E-state index in [1.807, 2.05) is 0 Å². The zero-order valence-corrected chi connectivity index (χ0v) is 12.1. The molecule has 20 heavy (non-hydrogen) atoms. The summed E-state index contributed by atoms with van der Waals surface area (Å²) in [5.74, 6) is -0.0803. The molecule has 0 spiro atoms. The molecule has 0 atom stereocenters. The first-order valence-electron chi connectivity index (χ1n) is 6.08. The van der Waals surface area contributed by atoms with Crippen LogP contribution in [0.1, 0.15) is 16.1 Å². The molecular formula is C14H15ClN4O. The van der Waals surface area contributed by atoms with Crippen LogP contribution in [0.2, 0.25) is 5.02 Å². The van der Waals surface area contributed by atoms with Gasteiger partial charge in [0.1, 0.15) is 0 Å². The van der Waals surface area contributed by atoms with Gasteiger partial charge in [-0.3, -0.25) is 14.8 Å². The highest BCUT2D eigenvalue weighted by atomic mass is 35.5. The van der Waals surface area contributed by atoms with Gasteiger partial charge in [0, 0.05) is 37.2 Å². The lowest BCUT2D eigenvalue weighted by Gasteiger charge is -2.15. The molecule has 0 bridgehead atoms. The van der Waals surface area contributed by atoms with Crippen LogP contribution in [-0.2, 0) is 6.54 Å². The molecule has 1 aromatic carbocycles. The summed E-state index contributed by atoms with van der Waals surface area (Å²) in [6.07, 6.45) is 4.91. The molecule has 0 saturated heterocycles. The van der Waals surface area contributed by atoms with E-state index in [-0.39, 0.29) is 5.91 Å². The number of rotatable bonds is 4. The Hall–Kier alpha value is -2.14. The van der Waals surface area contributed by atoms with Crippen LogP contribution >= 0.6 is 11.6 Å². The number of benzene rings is 1. The Morgan fingerprint density at radius 3 is 2.80 bits per heavy atom. The van der Waals surface area contributed by atoms with Crippen molar-refractivity contribution in [3.63, 3.8) is 0 Å². The average Bonchev–Trinajstić information content (AvgIpc) is 2.45. The highest BCUT2D eigenvalue weighted by molar-refractivity contribution is 6.31. The van der Waals surface area contributed by atoms with Gasteiger partial charge in [0.05, 0.1) is 24.0 Å². The SMILES string of the molecule is CN(C)C(=O)c1ccc(Cl)cc1NCc1cnccn1. The molecule has 104 valence electrons. The molecule has 2 aromatic rings. The van der Waals surface area contributed by atoms with E-state index in [2.05, 4.69) is 15.3 Å². The standard InChI is InChI=1S/C14H15ClN4O/c1-19(2)14(20)12-4-3-10(15)7-13(12)18-9-11-8-16-5-6-17-11/h3-8,18H,9H2,1-2H3. The third kappa shape index (κ3) is 3.45. The van der Waals surface area contributed by atoms with E-state index in [9.17, 15) is 4.79 Å². The fourth-order valence-electron chi connectivity index (χ4n) is 1.70. The van der Waals surface area contributed by atoms with E-state index in [0.717, 1.165) is 5.69 Å². The van der Waals surface area contributed by atoms with Crippen LogP contribution in [-0.4, -0.2) is 34.9 Å². The number of hydrogen-bond acceptors (Lipinski definition) is 4. The van der Waals surface area contributed by atoms with Crippen molar-refractivity contribution in [2.45, 2.75) is 6.54 Å². The first-order chi connectivity index (χ1) is 9.58. The molecule has 0 fully saturated rings. The van der Waals surface area contributed by atoms with E-state index in [1.165, 1.54) is 4.90 Å². The van der Waals surface area contributed by atoms with Crippen molar-refractivity contribution >= 4 is 23.2 Å². The maximum atomic E-state index is 12.1. The molecule has 1 amide bonds. The maximum absolute atomic E-state index is 12.1. The zero-order chi connectivity index (χ0) is 14.5. The molecule has 1 N–H and O–H groups in total. The first-order valence-corrected chi connectivity index (χ1v) is 6.45. The lowest BCUT2D eigenvalue weighted by molar-refractivity contribution is 0.0828. The average molecular weight is 291 g/mol. The normalized spacial score (nSPS) is 10.2. The fourth-order valence-corrected chi connectivity index (χ4v) is 1.87. The number of nitrogens with one attached hydrogen (secondary N) is 1. The summed E-state index contributed by atoms with van der Waals surface area (Å²) in [6.45, 7) is 0.474. The van der Waals surface area contributed by atoms with Crippen LogP contribution in [0.3, 0.4) is 0 Å². The number of hydrogen-bond donors (Lipinski definition) is 1. The van der Waals surface area contributed by atoms with E-state index < -0.39 is 0 Å². The van der Waals surface area contributed by atoms with Gasteiger partial charge in [-0.15, -0.1) is 0 Å². The van der Waals surface area contributed by atoms with Gasteiger partial charge in [0.2, 0.25) is 0 Å². The Bertz CT molecular complexity index is 601. The van der Waals surface area contributed by atoms with Crippen molar-refractivity contribution < 1.29 is 4.79 Å². The summed E-state index contributed by atoms with van der Waals surface area (Å²) in [5.41, 5.74) is 2.04. The molecule has 1 aromatic heterocycles.